The van der Waals surface area contributed by atoms with Crippen LogP contribution in [0.5, 0.6) is 0 Å². The minimum atomic E-state index is -0.188. The average Bonchev–Trinajstić information content (AvgIpc) is 2.15. The molecule has 74 valence electrons. The van der Waals surface area contributed by atoms with E-state index in [0.29, 0.717) is 16.3 Å². The molecule has 0 bridgehead atoms. The molecule has 0 radical (unpaired) electrons. The van der Waals surface area contributed by atoms with E-state index in [1.54, 1.807) is 24.3 Å². The van der Waals surface area contributed by atoms with Crippen LogP contribution in [0.2, 0.25) is 0 Å². The molecule has 3 nitrogen and oxygen atoms in total. The number of halogens is 1. The van der Waals surface area contributed by atoms with Crippen molar-refractivity contribution in [1.82, 2.24) is 5.32 Å². The molecular formula is C10H11ClN2O. The van der Waals surface area contributed by atoms with Gasteiger partial charge in [-0.15, -0.1) is 0 Å². The lowest BCUT2D eigenvalue weighted by molar-refractivity contribution is 0.0957. The van der Waals surface area contributed by atoms with Gasteiger partial charge >= 0.3 is 0 Å². The van der Waals surface area contributed by atoms with Crippen molar-refractivity contribution in [2.75, 3.05) is 12.3 Å². The number of carbonyl (C=O) groups excluding carboxylic acids is 1. The standard InChI is InChI=1S/C10H11ClN2O/c1-7(11)6-13-10(14)8-2-4-9(12)5-3-8/h2-5H,1,6,12H2,(H,13,14). The molecular weight excluding hydrogens is 200 g/mol. The quantitative estimate of drug-likeness (QED) is 0.747. The summed E-state index contributed by atoms with van der Waals surface area (Å²) < 4.78 is 0. The number of carbonyl (C=O) groups is 1. The number of rotatable bonds is 3. The van der Waals surface area contributed by atoms with Crippen molar-refractivity contribution >= 4 is 23.2 Å². The summed E-state index contributed by atoms with van der Waals surface area (Å²) >= 11 is 5.51. The molecule has 1 aromatic carbocycles. The molecule has 0 aliphatic rings. The number of hydrogen-bond donors (Lipinski definition) is 2. The van der Waals surface area contributed by atoms with Crippen molar-refractivity contribution in [2.24, 2.45) is 0 Å². The van der Waals surface area contributed by atoms with Gasteiger partial charge < -0.3 is 11.1 Å². The summed E-state index contributed by atoms with van der Waals surface area (Å²) in [6, 6.07) is 6.65. The molecule has 1 amide bonds. The van der Waals surface area contributed by atoms with Crippen LogP contribution in [-0.4, -0.2) is 12.5 Å². The molecule has 0 aromatic heterocycles. The third-order valence-electron chi connectivity index (χ3n) is 1.61. The average molecular weight is 211 g/mol. The topological polar surface area (TPSA) is 55.1 Å². The summed E-state index contributed by atoms with van der Waals surface area (Å²) in [5.41, 5.74) is 6.66. The third kappa shape index (κ3) is 3.11. The van der Waals surface area contributed by atoms with Crippen LogP contribution in [0.3, 0.4) is 0 Å². The molecule has 0 aliphatic carbocycles. The maximum Gasteiger partial charge on any atom is 0.251 e. The van der Waals surface area contributed by atoms with Gasteiger partial charge in [-0.25, -0.2) is 0 Å². The highest BCUT2D eigenvalue weighted by Gasteiger charge is 2.03. The largest absolute Gasteiger partial charge is 0.399 e. The Kier molecular flexibility index (Phi) is 3.54. The Balaban J connectivity index is 2.61. The van der Waals surface area contributed by atoms with Gasteiger partial charge in [-0.2, -0.15) is 0 Å². The fourth-order valence-corrected chi connectivity index (χ4v) is 0.980. The van der Waals surface area contributed by atoms with Crippen LogP contribution in [-0.2, 0) is 0 Å². The summed E-state index contributed by atoms with van der Waals surface area (Å²) in [6.45, 7) is 3.73. The normalized spacial score (nSPS) is 9.50. The van der Waals surface area contributed by atoms with Gasteiger partial charge in [-0.3, -0.25) is 4.79 Å². The Bertz CT molecular complexity index is 346. The van der Waals surface area contributed by atoms with E-state index >= 15 is 0 Å². The highest BCUT2D eigenvalue weighted by Crippen LogP contribution is 2.05. The summed E-state index contributed by atoms with van der Waals surface area (Å²) in [5.74, 6) is -0.188. The van der Waals surface area contributed by atoms with Gasteiger partial charge in [-0.05, 0) is 24.3 Å². The molecule has 3 N–H and O–H groups in total. The molecule has 4 heteroatoms. The van der Waals surface area contributed by atoms with Crippen LogP contribution in [0.4, 0.5) is 5.69 Å². The van der Waals surface area contributed by atoms with Crippen molar-refractivity contribution in [1.29, 1.82) is 0 Å². The van der Waals surface area contributed by atoms with Gasteiger partial charge in [0.2, 0.25) is 0 Å². The van der Waals surface area contributed by atoms with Crippen LogP contribution in [0.15, 0.2) is 35.9 Å². The summed E-state index contributed by atoms with van der Waals surface area (Å²) in [6.07, 6.45) is 0. The molecule has 0 aliphatic heterocycles. The van der Waals surface area contributed by atoms with Crippen LogP contribution < -0.4 is 11.1 Å². The molecule has 1 rings (SSSR count). The van der Waals surface area contributed by atoms with Crippen LogP contribution in [0.25, 0.3) is 0 Å². The lowest BCUT2D eigenvalue weighted by Gasteiger charge is -2.03. The number of nitrogens with two attached hydrogens (primary N) is 1. The third-order valence-corrected chi connectivity index (χ3v) is 1.75. The van der Waals surface area contributed by atoms with Crippen LogP contribution in [0.1, 0.15) is 10.4 Å². The number of hydrogen-bond acceptors (Lipinski definition) is 2. The minimum Gasteiger partial charge on any atom is -0.399 e. The van der Waals surface area contributed by atoms with E-state index in [-0.39, 0.29) is 12.5 Å². The maximum absolute atomic E-state index is 11.4. The Morgan fingerprint density at radius 2 is 2.00 bits per heavy atom. The van der Waals surface area contributed by atoms with Crippen LogP contribution in [0, 0.1) is 0 Å². The molecule has 14 heavy (non-hydrogen) atoms. The number of nitrogens with one attached hydrogen (secondary N) is 1. The lowest BCUT2D eigenvalue weighted by atomic mass is 10.2. The highest BCUT2D eigenvalue weighted by atomic mass is 35.5. The van der Waals surface area contributed by atoms with E-state index in [2.05, 4.69) is 11.9 Å². The zero-order valence-electron chi connectivity index (χ0n) is 7.59. The number of benzene rings is 1. The Hall–Kier alpha value is -1.48. The number of nitrogen functional groups attached to an aromatic ring is 1. The Morgan fingerprint density at radius 3 is 2.50 bits per heavy atom. The van der Waals surface area contributed by atoms with E-state index in [4.69, 9.17) is 17.3 Å². The van der Waals surface area contributed by atoms with Gasteiger partial charge in [0, 0.05) is 16.3 Å². The van der Waals surface area contributed by atoms with E-state index in [1.165, 1.54) is 0 Å². The lowest BCUT2D eigenvalue weighted by Crippen LogP contribution is -2.24. The first kappa shape index (κ1) is 10.6. The summed E-state index contributed by atoms with van der Waals surface area (Å²) in [4.78, 5) is 11.4. The highest BCUT2D eigenvalue weighted by molar-refractivity contribution is 6.29. The van der Waals surface area contributed by atoms with E-state index in [1.807, 2.05) is 0 Å². The van der Waals surface area contributed by atoms with Gasteiger partial charge in [0.1, 0.15) is 0 Å². The van der Waals surface area contributed by atoms with Crippen molar-refractivity contribution in [2.45, 2.75) is 0 Å². The summed E-state index contributed by atoms with van der Waals surface area (Å²) in [5, 5.41) is 3.00. The molecule has 0 unspecified atom stereocenters. The molecule has 0 heterocycles. The molecule has 0 fully saturated rings. The predicted molar refractivity (Wildman–Crippen MR) is 58.2 cm³/mol. The Morgan fingerprint density at radius 1 is 1.43 bits per heavy atom. The maximum atomic E-state index is 11.4. The van der Waals surface area contributed by atoms with Gasteiger partial charge in [-0.1, -0.05) is 18.2 Å². The second kappa shape index (κ2) is 4.67. The zero-order chi connectivity index (χ0) is 10.6. The minimum absolute atomic E-state index is 0.188. The second-order valence-electron chi connectivity index (χ2n) is 2.82. The van der Waals surface area contributed by atoms with E-state index < -0.39 is 0 Å². The fraction of sp³-hybridized carbons (Fsp3) is 0.100. The molecule has 0 atom stereocenters. The SMILES string of the molecule is C=C(Cl)CNC(=O)c1ccc(N)cc1. The predicted octanol–water partition coefficient (Wildman–Crippen LogP) is 1.75. The smallest absolute Gasteiger partial charge is 0.251 e. The van der Waals surface area contributed by atoms with Crippen molar-refractivity contribution in [3.63, 3.8) is 0 Å². The van der Waals surface area contributed by atoms with Crippen molar-refractivity contribution in [3.05, 3.63) is 41.4 Å². The van der Waals surface area contributed by atoms with Crippen molar-refractivity contribution in [3.8, 4) is 0 Å². The second-order valence-corrected chi connectivity index (χ2v) is 3.36. The first-order chi connectivity index (χ1) is 6.59. The molecule has 0 saturated heterocycles. The first-order valence-corrected chi connectivity index (χ1v) is 4.44. The number of amides is 1. The van der Waals surface area contributed by atoms with E-state index in [9.17, 15) is 4.79 Å². The zero-order valence-corrected chi connectivity index (χ0v) is 8.34. The van der Waals surface area contributed by atoms with Gasteiger partial charge in [0.25, 0.3) is 5.91 Å². The van der Waals surface area contributed by atoms with E-state index in [0.717, 1.165) is 0 Å². The van der Waals surface area contributed by atoms with Gasteiger partial charge in [0.05, 0.1) is 6.54 Å². The first-order valence-electron chi connectivity index (χ1n) is 4.06. The Labute approximate surface area is 87.6 Å². The summed E-state index contributed by atoms with van der Waals surface area (Å²) in [7, 11) is 0. The van der Waals surface area contributed by atoms with Crippen LogP contribution >= 0.6 is 11.6 Å². The molecule has 1 aromatic rings. The molecule has 0 saturated carbocycles. The van der Waals surface area contributed by atoms with Gasteiger partial charge in [0.15, 0.2) is 0 Å². The monoisotopic (exact) mass is 210 g/mol. The molecule has 0 spiro atoms. The number of anilines is 1. The van der Waals surface area contributed by atoms with Crippen molar-refractivity contribution < 1.29 is 4.79 Å². The fourth-order valence-electron chi connectivity index (χ4n) is 0.913.